The summed E-state index contributed by atoms with van der Waals surface area (Å²) in [6.45, 7) is 0.800. The van der Waals surface area contributed by atoms with Crippen LogP contribution in [0.4, 0.5) is 10.1 Å². The molecule has 2 aromatic rings. The second-order valence-corrected chi connectivity index (χ2v) is 5.38. The lowest BCUT2D eigenvalue weighted by atomic mass is 10.1. The first kappa shape index (κ1) is 14.9. The van der Waals surface area contributed by atoms with Crippen LogP contribution in [0, 0.1) is 5.82 Å². The van der Waals surface area contributed by atoms with Crippen LogP contribution in [0.15, 0.2) is 30.3 Å². The molecule has 4 nitrogen and oxygen atoms in total. The molecule has 1 amide bonds. The van der Waals surface area contributed by atoms with Crippen LogP contribution in [0.1, 0.15) is 10.4 Å². The van der Waals surface area contributed by atoms with Gasteiger partial charge in [-0.2, -0.15) is 0 Å². The topological polar surface area (TPSA) is 47.6 Å². The average Bonchev–Trinajstić information content (AvgIpc) is 2.51. The second kappa shape index (κ2) is 6.02. The third-order valence-electron chi connectivity index (χ3n) is 3.04. The van der Waals surface area contributed by atoms with Crippen molar-refractivity contribution in [1.82, 2.24) is 0 Å². The maximum Gasteiger partial charge on any atom is 0.255 e. The maximum atomic E-state index is 13.1. The minimum absolute atomic E-state index is 0.0713. The van der Waals surface area contributed by atoms with Gasteiger partial charge >= 0.3 is 0 Å². The number of nitrogens with one attached hydrogen (secondary N) is 1. The number of rotatable bonds is 2. The number of benzene rings is 2. The van der Waals surface area contributed by atoms with E-state index in [4.69, 9.17) is 32.7 Å². The number of anilines is 1. The lowest BCUT2D eigenvalue weighted by Gasteiger charge is -2.20. The van der Waals surface area contributed by atoms with E-state index in [0.717, 1.165) is 0 Å². The molecule has 3 rings (SSSR count). The fourth-order valence-corrected chi connectivity index (χ4v) is 2.46. The minimum Gasteiger partial charge on any atom is -0.486 e. The van der Waals surface area contributed by atoms with Gasteiger partial charge in [0.05, 0.1) is 10.0 Å². The predicted molar refractivity (Wildman–Crippen MR) is 81.8 cm³/mol. The van der Waals surface area contributed by atoms with Gasteiger partial charge in [0.25, 0.3) is 5.91 Å². The summed E-state index contributed by atoms with van der Waals surface area (Å²) in [5, 5.41) is 2.84. The SMILES string of the molecule is O=C(Nc1ccc(F)c(Cl)c1)c1cc(Cl)c2c(c1)OCCO2. The van der Waals surface area contributed by atoms with Gasteiger partial charge in [-0.05, 0) is 30.3 Å². The summed E-state index contributed by atoms with van der Waals surface area (Å²) >= 11 is 11.8. The van der Waals surface area contributed by atoms with Gasteiger partial charge in [0.1, 0.15) is 19.0 Å². The van der Waals surface area contributed by atoms with Crippen molar-refractivity contribution in [3.8, 4) is 11.5 Å². The summed E-state index contributed by atoms with van der Waals surface area (Å²) in [7, 11) is 0. The van der Waals surface area contributed by atoms with Crippen molar-refractivity contribution in [3.63, 3.8) is 0 Å². The first-order valence-corrected chi connectivity index (χ1v) is 7.16. The third kappa shape index (κ3) is 2.96. The molecule has 2 aromatic carbocycles. The van der Waals surface area contributed by atoms with E-state index in [-0.39, 0.29) is 5.02 Å². The Bertz CT molecular complexity index is 752. The summed E-state index contributed by atoms with van der Waals surface area (Å²) in [6.07, 6.45) is 0. The van der Waals surface area contributed by atoms with E-state index < -0.39 is 11.7 Å². The van der Waals surface area contributed by atoms with Crippen LogP contribution in [0.25, 0.3) is 0 Å². The summed E-state index contributed by atoms with van der Waals surface area (Å²) in [5.74, 6) is -0.126. The monoisotopic (exact) mass is 341 g/mol. The molecule has 1 heterocycles. The molecular formula is C15H10Cl2FNO3. The normalized spacial score (nSPS) is 12.9. The van der Waals surface area contributed by atoms with Crippen LogP contribution in [0.5, 0.6) is 11.5 Å². The van der Waals surface area contributed by atoms with Crippen LogP contribution < -0.4 is 14.8 Å². The van der Waals surface area contributed by atoms with E-state index in [2.05, 4.69) is 5.32 Å². The zero-order valence-electron chi connectivity index (χ0n) is 11.2. The Hall–Kier alpha value is -1.98. The molecule has 1 aliphatic heterocycles. The van der Waals surface area contributed by atoms with Gasteiger partial charge in [-0.3, -0.25) is 4.79 Å². The Morgan fingerprint density at radius 1 is 1.09 bits per heavy atom. The number of halogens is 3. The lowest BCUT2D eigenvalue weighted by Crippen LogP contribution is -2.17. The Labute approximate surface area is 135 Å². The predicted octanol–water partition coefficient (Wildman–Crippen LogP) is 4.16. The first-order valence-electron chi connectivity index (χ1n) is 6.40. The van der Waals surface area contributed by atoms with Gasteiger partial charge in [-0.1, -0.05) is 23.2 Å². The zero-order valence-corrected chi connectivity index (χ0v) is 12.7. The average molecular weight is 342 g/mol. The van der Waals surface area contributed by atoms with Crippen LogP contribution in [-0.4, -0.2) is 19.1 Å². The van der Waals surface area contributed by atoms with Crippen molar-refractivity contribution in [3.05, 3.63) is 51.8 Å². The smallest absolute Gasteiger partial charge is 0.255 e. The van der Waals surface area contributed by atoms with Gasteiger partial charge in [0.15, 0.2) is 11.5 Å². The maximum absolute atomic E-state index is 13.1. The molecule has 114 valence electrons. The Morgan fingerprint density at radius 2 is 1.86 bits per heavy atom. The third-order valence-corrected chi connectivity index (χ3v) is 3.61. The minimum atomic E-state index is -0.554. The molecule has 22 heavy (non-hydrogen) atoms. The molecule has 0 atom stereocenters. The van der Waals surface area contributed by atoms with E-state index in [1.165, 1.54) is 24.3 Å². The number of carbonyl (C=O) groups is 1. The van der Waals surface area contributed by atoms with Crippen LogP contribution >= 0.6 is 23.2 Å². The molecule has 0 bridgehead atoms. The van der Waals surface area contributed by atoms with Gasteiger partial charge in [-0.15, -0.1) is 0 Å². The molecule has 0 unspecified atom stereocenters. The van der Waals surface area contributed by atoms with Gasteiger partial charge in [-0.25, -0.2) is 4.39 Å². The van der Waals surface area contributed by atoms with E-state index in [1.807, 2.05) is 0 Å². The molecule has 0 radical (unpaired) electrons. The van der Waals surface area contributed by atoms with Crippen LogP contribution in [0.3, 0.4) is 0 Å². The standard InChI is InChI=1S/C15H10Cl2FNO3/c16-10-7-9(1-2-12(10)18)19-15(20)8-5-11(17)14-13(6-8)21-3-4-22-14/h1-2,5-7H,3-4H2,(H,19,20). The highest BCUT2D eigenvalue weighted by molar-refractivity contribution is 6.33. The van der Waals surface area contributed by atoms with Crippen molar-refractivity contribution in [2.45, 2.75) is 0 Å². The van der Waals surface area contributed by atoms with Gasteiger partial charge in [0.2, 0.25) is 0 Å². The van der Waals surface area contributed by atoms with Crippen molar-refractivity contribution < 1.29 is 18.7 Å². The van der Waals surface area contributed by atoms with E-state index in [0.29, 0.717) is 41.0 Å². The van der Waals surface area contributed by atoms with Gasteiger partial charge < -0.3 is 14.8 Å². The molecule has 0 saturated heterocycles. The number of hydrogen-bond acceptors (Lipinski definition) is 3. The summed E-state index contributed by atoms with van der Waals surface area (Å²) in [6, 6.07) is 6.94. The second-order valence-electron chi connectivity index (χ2n) is 4.57. The number of amides is 1. The van der Waals surface area contributed by atoms with Crippen LogP contribution in [0.2, 0.25) is 10.0 Å². The Balaban J connectivity index is 1.85. The van der Waals surface area contributed by atoms with Crippen molar-refractivity contribution in [1.29, 1.82) is 0 Å². The number of carbonyl (C=O) groups excluding carboxylic acids is 1. The Morgan fingerprint density at radius 3 is 2.64 bits per heavy atom. The molecule has 0 spiro atoms. The molecule has 7 heteroatoms. The molecule has 0 fully saturated rings. The zero-order chi connectivity index (χ0) is 15.7. The van der Waals surface area contributed by atoms with Crippen molar-refractivity contribution in [2.24, 2.45) is 0 Å². The quantitative estimate of drug-likeness (QED) is 0.892. The van der Waals surface area contributed by atoms with Crippen molar-refractivity contribution >= 4 is 34.8 Å². The van der Waals surface area contributed by atoms with E-state index >= 15 is 0 Å². The molecular weight excluding hydrogens is 332 g/mol. The molecule has 1 N–H and O–H groups in total. The summed E-state index contributed by atoms with van der Waals surface area (Å²) in [5.41, 5.74) is 0.678. The van der Waals surface area contributed by atoms with E-state index in [1.54, 1.807) is 6.07 Å². The largest absolute Gasteiger partial charge is 0.486 e. The number of hydrogen-bond donors (Lipinski definition) is 1. The molecule has 1 aliphatic rings. The number of ether oxygens (including phenoxy) is 2. The fourth-order valence-electron chi connectivity index (χ4n) is 2.02. The lowest BCUT2D eigenvalue weighted by molar-refractivity contribution is 0.102. The van der Waals surface area contributed by atoms with Crippen molar-refractivity contribution in [2.75, 3.05) is 18.5 Å². The first-order chi connectivity index (χ1) is 10.5. The van der Waals surface area contributed by atoms with Crippen LogP contribution in [-0.2, 0) is 0 Å². The molecule has 0 aliphatic carbocycles. The highest BCUT2D eigenvalue weighted by Crippen LogP contribution is 2.38. The number of fused-ring (bicyclic) bond motifs is 1. The Kier molecular flexibility index (Phi) is 4.09. The molecule has 0 saturated carbocycles. The van der Waals surface area contributed by atoms with Gasteiger partial charge in [0, 0.05) is 11.3 Å². The summed E-state index contributed by atoms with van der Waals surface area (Å²) in [4.78, 5) is 12.2. The highest BCUT2D eigenvalue weighted by Gasteiger charge is 2.19. The molecule has 0 aromatic heterocycles. The fraction of sp³-hybridized carbons (Fsp3) is 0.133. The van der Waals surface area contributed by atoms with E-state index in [9.17, 15) is 9.18 Å². The highest BCUT2D eigenvalue weighted by atomic mass is 35.5. The summed E-state index contributed by atoms with van der Waals surface area (Å²) < 4.78 is 23.9.